The summed E-state index contributed by atoms with van der Waals surface area (Å²) in [5.74, 6) is -3.59. The van der Waals surface area contributed by atoms with E-state index in [0.29, 0.717) is 0 Å². The van der Waals surface area contributed by atoms with Gasteiger partial charge in [0.2, 0.25) is 0 Å². The van der Waals surface area contributed by atoms with Gasteiger partial charge in [0.1, 0.15) is 5.75 Å². The molecule has 0 saturated heterocycles. The molecule has 1 aromatic carbocycles. The Kier molecular flexibility index (Phi) is 3.38. The van der Waals surface area contributed by atoms with Crippen molar-refractivity contribution < 1.29 is 18.8 Å². The summed E-state index contributed by atoms with van der Waals surface area (Å²) < 4.78 is 25.9. The number of aromatic hydroxyl groups is 1. The molecule has 0 aliphatic heterocycles. The predicted octanol–water partition coefficient (Wildman–Crippen LogP) is 1.44. The molecule has 0 aliphatic carbocycles. The number of nitro groups is 1. The van der Waals surface area contributed by atoms with Crippen molar-refractivity contribution >= 4 is 5.69 Å². The number of nitro benzene ring substituents is 1. The smallest absolute Gasteiger partial charge is 0.269 e. The lowest BCUT2D eigenvalue weighted by atomic mass is 10.1. The van der Waals surface area contributed by atoms with E-state index in [2.05, 4.69) is 0 Å². The van der Waals surface area contributed by atoms with Gasteiger partial charge in [0.25, 0.3) is 11.6 Å². The van der Waals surface area contributed by atoms with Gasteiger partial charge in [0, 0.05) is 24.1 Å². The standard InChI is InChI=1S/C9H10F2N2O3/c10-9(11,5-12)4-6-3-7(13(15)16)1-2-8(6)14/h1-3,14H,4-5,12H2. The lowest BCUT2D eigenvalue weighted by Crippen LogP contribution is -2.30. The third-order valence-corrected chi connectivity index (χ3v) is 2.02. The van der Waals surface area contributed by atoms with Crippen LogP contribution in [-0.4, -0.2) is 22.5 Å². The Balaban J connectivity index is 3.03. The molecule has 1 aromatic rings. The molecule has 3 N–H and O–H groups in total. The van der Waals surface area contributed by atoms with Crippen LogP contribution in [0.2, 0.25) is 0 Å². The summed E-state index contributed by atoms with van der Waals surface area (Å²) in [4.78, 5) is 9.69. The van der Waals surface area contributed by atoms with E-state index in [4.69, 9.17) is 5.73 Å². The Bertz CT molecular complexity index is 410. The topological polar surface area (TPSA) is 89.4 Å². The van der Waals surface area contributed by atoms with E-state index in [0.717, 1.165) is 18.2 Å². The molecule has 0 aromatic heterocycles. The summed E-state index contributed by atoms with van der Waals surface area (Å²) in [7, 11) is 0. The molecule has 88 valence electrons. The monoisotopic (exact) mass is 232 g/mol. The number of benzene rings is 1. The van der Waals surface area contributed by atoms with Crippen LogP contribution in [0, 0.1) is 10.1 Å². The molecule has 5 nitrogen and oxygen atoms in total. The summed E-state index contributed by atoms with van der Waals surface area (Å²) in [6.45, 7) is -0.880. The zero-order valence-corrected chi connectivity index (χ0v) is 8.19. The first-order valence-corrected chi connectivity index (χ1v) is 4.40. The molecule has 0 fully saturated rings. The van der Waals surface area contributed by atoms with E-state index >= 15 is 0 Å². The van der Waals surface area contributed by atoms with Gasteiger partial charge in [-0.05, 0) is 6.07 Å². The maximum atomic E-state index is 12.9. The highest BCUT2D eigenvalue weighted by Crippen LogP contribution is 2.28. The highest BCUT2D eigenvalue weighted by atomic mass is 19.3. The molecule has 7 heteroatoms. The maximum absolute atomic E-state index is 12.9. The zero-order valence-electron chi connectivity index (χ0n) is 8.19. The van der Waals surface area contributed by atoms with Crippen molar-refractivity contribution in [1.29, 1.82) is 0 Å². The molecule has 16 heavy (non-hydrogen) atoms. The van der Waals surface area contributed by atoms with Crippen LogP contribution in [0.25, 0.3) is 0 Å². The predicted molar refractivity (Wildman–Crippen MR) is 52.5 cm³/mol. The largest absolute Gasteiger partial charge is 0.508 e. The second-order valence-corrected chi connectivity index (χ2v) is 3.31. The molecule has 0 unspecified atom stereocenters. The highest BCUT2D eigenvalue weighted by Gasteiger charge is 2.29. The minimum atomic E-state index is -3.19. The molecule has 1 rings (SSSR count). The van der Waals surface area contributed by atoms with Crippen LogP contribution < -0.4 is 5.73 Å². The van der Waals surface area contributed by atoms with Gasteiger partial charge in [-0.2, -0.15) is 0 Å². The number of rotatable bonds is 4. The van der Waals surface area contributed by atoms with Crippen molar-refractivity contribution in [2.75, 3.05) is 6.54 Å². The van der Waals surface area contributed by atoms with Gasteiger partial charge in [0.05, 0.1) is 11.5 Å². The van der Waals surface area contributed by atoms with Crippen molar-refractivity contribution in [3.63, 3.8) is 0 Å². The van der Waals surface area contributed by atoms with E-state index in [-0.39, 0.29) is 11.3 Å². The minimum Gasteiger partial charge on any atom is -0.508 e. The summed E-state index contributed by atoms with van der Waals surface area (Å²) in [6.07, 6.45) is -0.822. The van der Waals surface area contributed by atoms with Crippen LogP contribution in [-0.2, 0) is 6.42 Å². The maximum Gasteiger partial charge on any atom is 0.269 e. The summed E-state index contributed by atoms with van der Waals surface area (Å²) in [5.41, 5.74) is 4.30. The molecular weight excluding hydrogens is 222 g/mol. The van der Waals surface area contributed by atoms with Gasteiger partial charge in [-0.15, -0.1) is 0 Å². The Morgan fingerprint density at radius 3 is 2.62 bits per heavy atom. The van der Waals surface area contributed by atoms with Gasteiger partial charge in [0.15, 0.2) is 0 Å². The Morgan fingerprint density at radius 2 is 2.12 bits per heavy atom. The van der Waals surface area contributed by atoms with Crippen LogP contribution in [0.1, 0.15) is 5.56 Å². The van der Waals surface area contributed by atoms with Gasteiger partial charge in [-0.1, -0.05) is 0 Å². The molecule has 0 amide bonds. The fourth-order valence-corrected chi connectivity index (χ4v) is 1.18. The number of non-ortho nitro benzene ring substituents is 1. The zero-order chi connectivity index (χ0) is 12.3. The average Bonchev–Trinajstić information content (AvgIpc) is 2.21. The molecule has 0 saturated carbocycles. The molecule has 0 bridgehead atoms. The first-order valence-electron chi connectivity index (χ1n) is 4.40. The number of hydrogen-bond donors (Lipinski definition) is 2. The quantitative estimate of drug-likeness (QED) is 0.607. The normalized spacial score (nSPS) is 11.4. The van der Waals surface area contributed by atoms with Crippen LogP contribution in [0.4, 0.5) is 14.5 Å². The first-order chi connectivity index (χ1) is 7.35. The van der Waals surface area contributed by atoms with Gasteiger partial charge < -0.3 is 10.8 Å². The Labute approximate surface area is 89.6 Å². The number of halogens is 2. The molecule has 0 aliphatic rings. The first kappa shape index (κ1) is 12.3. The van der Waals surface area contributed by atoms with Crippen LogP contribution in [0.15, 0.2) is 18.2 Å². The van der Waals surface area contributed by atoms with Crippen molar-refractivity contribution in [3.05, 3.63) is 33.9 Å². The molecular formula is C9H10F2N2O3. The van der Waals surface area contributed by atoms with Crippen molar-refractivity contribution in [2.45, 2.75) is 12.3 Å². The van der Waals surface area contributed by atoms with Crippen LogP contribution >= 0.6 is 0 Å². The molecule has 0 atom stereocenters. The summed E-state index contributed by atoms with van der Waals surface area (Å²) in [6, 6.07) is 2.97. The van der Waals surface area contributed by atoms with Crippen LogP contribution in [0.5, 0.6) is 5.75 Å². The third-order valence-electron chi connectivity index (χ3n) is 2.02. The lowest BCUT2D eigenvalue weighted by Gasteiger charge is -2.14. The number of phenols is 1. The number of phenolic OH excluding ortho intramolecular Hbond substituents is 1. The fraction of sp³-hybridized carbons (Fsp3) is 0.333. The number of hydrogen-bond acceptors (Lipinski definition) is 4. The molecule has 0 spiro atoms. The van der Waals surface area contributed by atoms with Gasteiger partial charge in [-0.3, -0.25) is 10.1 Å². The number of nitrogens with zero attached hydrogens (tertiary/aromatic N) is 1. The summed E-state index contributed by atoms with van der Waals surface area (Å²) in [5, 5.41) is 19.7. The molecule has 0 heterocycles. The van der Waals surface area contributed by atoms with Crippen LogP contribution in [0.3, 0.4) is 0 Å². The van der Waals surface area contributed by atoms with E-state index in [1.54, 1.807) is 0 Å². The van der Waals surface area contributed by atoms with Crippen molar-refractivity contribution in [2.24, 2.45) is 5.73 Å². The Morgan fingerprint density at radius 1 is 1.50 bits per heavy atom. The molecule has 0 radical (unpaired) electrons. The Hall–Kier alpha value is -1.76. The van der Waals surface area contributed by atoms with Gasteiger partial charge >= 0.3 is 0 Å². The van der Waals surface area contributed by atoms with E-state index in [9.17, 15) is 24.0 Å². The van der Waals surface area contributed by atoms with E-state index in [1.165, 1.54) is 0 Å². The van der Waals surface area contributed by atoms with Crippen molar-refractivity contribution in [1.82, 2.24) is 0 Å². The number of nitrogens with two attached hydrogens (primary N) is 1. The van der Waals surface area contributed by atoms with Gasteiger partial charge in [-0.25, -0.2) is 8.78 Å². The van der Waals surface area contributed by atoms with E-state index in [1.807, 2.05) is 0 Å². The second kappa shape index (κ2) is 4.40. The fourth-order valence-electron chi connectivity index (χ4n) is 1.18. The van der Waals surface area contributed by atoms with E-state index < -0.39 is 29.6 Å². The number of alkyl halides is 2. The second-order valence-electron chi connectivity index (χ2n) is 3.31. The third kappa shape index (κ3) is 2.86. The lowest BCUT2D eigenvalue weighted by molar-refractivity contribution is -0.385. The summed E-state index contributed by atoms with van der Waals surface area (Å²) >= 11 is 0. The highest BCUT2D eigenvalue weighted by molar-refractivity contribution is 5.43. The average molecular weight is 232 g/mol. The van der Waals surface area contributed by atoms with Crippen molar-refractivity contribution in [3.8, 4) is 5.75 Å². The minimum absolute atomic E-state index is 0.190. The SMILES string of the molecule is NCC(F)(F)Cc1cc([N+](=O)[O-])ccc1O.